The van der Waals surface area contributed by atoms with E-state index in [-0.39, 0.29) is 17.4 Å². The van der Waals surface area contributed by atoms with Gasteiger partial charge in [-0.05, 0) is 55.5 Å². The number of benzene rings is 2. The third-order valence-electron chi connectivity index (χ3n) is 4.87. The maximum atomic E-state index is 13.1. The smallest absolute Gasteiger partial charge is 0.310 e. The minimum atomic E-state index is -3.75. The quantitative estimate of drug-likeness (QED) is 0.523. The number of aryl methyl sites for hydroxylation is 1. The SMILES string of the molecule is O=C(OCCCc1ccccc1)C1CCCN(S(=O)(=O)c2ccc(F)cc2)C1. The highest BCUT2D eigenvalue weighted by Gasteiger charge is 2.34. The molecule has 1 saturated heterocycles. The summed E-state index contributed by atoms with van der Waals surface area (Å²) in [6.07, 6.45) is 2.74. The van der Waals surface area contributed by atoms with Gasteiger partial charge in [-0.3, -0.25) is 4.79 Å². The fourth-order valence-electron chi connectivity index (χ4n) is 3.32. The fourth-order valence-corrected chi connectivity index (χ4v) is 4.84. The maximum absolute atomic E-state index is 13.1. The average Bonchev–Trinajstić information content (AvgIpc) is 2.72. The molecule has 150 valence electrons. The number of hydrogen-bond donors (Lipinski definition) is 0. The summed E-state index contributed by atoms with van der Waals surface area (Å²) in [7, 11) is -3.75. The lowest BCUT2D eigenvalue weighted by molar-refractivity contribution is -0.149. The molecule has 0 saturated carbocycles. The Hall–Kier alpha value is -2.25. The minimum Gasteiger partial charge on any atom is -0.465 e. The zero-order chi connectivity index (χ0) is 20.0. The minimum absolute atomic E-state index is 0.0331. The highest BCUT2D eigenvalue weighted by Crippen LogP contribution is 2.24. The molecule has 0 amide bonds. The number of nitrogens with zero attached hydrogens (tertiary/aromatic N) is 1. The Morgan fingerprint density at radius 3 is 2.54 bits per heavy atom. The van der Waals surface area contributed by atoms with E-state index >= 15 is 0 Å². The summed E-state index contributed by atoms with van der Waals surface area (Å²) in [6, 6.07) is 14.7. The molecule has 1 heterocycles. The summed E-state index contributed by atoms with van der Waals surface area (Å²) in [5.74, 6) is -1.32. The molecule has 0 aliphatic carbocycles. The lowest BCUT2D eigenvalue weighted by atomic mass is 10.00. The number of piperidine rings is 1. The maximum Gasteiger partial charge on any atom is 0.310 e. The van der Waals surface area contributed by atoms with Crippen LogP contribution < -0.4 is 0 Å². The largest absolute Gasteiger partial charge is 0.465 e. The molecule has 0 radical (unpaired) electrons. The molecule has 1 fully saturated rings. The van der Waals surface area contributed by atoms with Crippen molar-refractivity contribution in [2.24, 2.45) is 5.92 Å². The van der Waals surface area contributed by atoms with Gasteiger partial charge in [-0.1, -0.05) is 30.3 Å². The van der Waals surface area contributed by atoms with Crippen LogP contribution in [0.15, 0.2) is 59.5 Å². The number of carbonyl (C=O) groups is 1. The molecule has 0 aromatic heterocycles. The van der Waals surface area contributed by atoms with Gasteiger partial charge in [-0.2, -0.15) is 4.31 Å². The molecule has 1 unspecified atom stereocenters. The van der Waals surface area contributed by atoms with Gasteiger partial charge in [0.2, 0.25) is 10.0 Å². The van der Waals surface area contributed by atoms with Crippen LogP contribution in [0.2, 0.25) is 0 Å². The molecule has 28 heavy (non-hydrogen) atoms. The Bertz CT molecular complexity index is 884. The van der Waals surface area contributed by atoms with Crippen LogP contribution in [0.4, 0.5) is 4.39 Å². The van der Waals surface area contributed by atoms with Crippen molar-refractivity contribution in [3.05, 3.63) is 66.0 Å². The van der Waals surface area contributed by atoms with E-state index in [4.69, 9.17) is 4.74 Å². The van der Waals surface area contributed by atoms with Crippen molar-refractivity contribution in [3.63, 3.8) is 0 Å². The van der Waals surface area contributed by atoms with Crippen molar-refractivity contribution in [3.8, 4) is 0 Å². The topological polar surface area (TPSA) is 63.7 Å². The van der Waals surface area contributed by atoms with Crippen molar-refractivity contribution in [2.75, 3.05) is 19.7 Å². The van der Waals surface area contributed by atoms with Gasteiger partial charge in [0.1, 0.15) is 5.82 Å². The third kappa shape index (κ3) is 5.17. The van der Waals surface area contributed by atoms with E-state index in [0.717, 1.165) is 25.0 Å². The van der Waals surface area contributed by atoms with E-state index < -0.39 is 21.8 Å². The first-order chi connectivity index (χ1) is 13.5. The molecule has 1 atom stereocenters. The average molecular weight is 405 g/mol. The van der Waals surface area contributed by atoms with Crippen molar-refractivity contribution >= 4 is 16.0 Å². The van der Waals surface area contributed by atoms with Crippen LogP contribution in [0.3, 0.4) is 0 Å². The van der Waals surface area contributed by atoms with E-state index in [0.29, 0.717) is 26.0 Å². The highest BCUT2D eigenvalue weighted by molar-refractivity contribution is 7.89. The molecule has 0 bridgehead atoms. The van der Waals surface area contributed by atoms with Gasteiger partial charge in [0.25, 0.3) is 0 Å². The zero-order valence-electron chi connectivity index (χ0n) is 15.6. The summed E-state index contributed by atoms with van der Waals surface area (Å²) in [4.78, 5) is 12.4. The highest BCUT2D eigenvalue weighted by atomic mass is 32.2. The third-order valence-corrected chi connectivity index (χ3v) is 6.75. The van der Waals surface area contributed by atoms with Crippen LogP contribution in [-0.4, -0.2) is 38.4 Å². The second kappa shape index (κ2) is 9.30. The van der Waals surface area contributed by atoms with Gasteiger partial charge < -0.3 is 4.74 Å². The Morgan fingerprint density at radius 2 is 1.82 bits per heavy atom. The predicted octanol–water partition coefficient (Wildman–Crippen LogP) is 3.40. The standard InChI is InChI=1S/C21H24FNO4S/c22-19-10-12-20(13-11-19)28(25,26)23-14-4-9-18(16-23)21(24)27-15-5-8-17-6-2-1-3-7-17/h1-3,6-7,10-13,18H,4-5,8-9,14-16H2. The van der Waals surface area contributed by atoms with E-state index in [9.17, 15) is 17.6 Å². The summed E-state index contributed by atoms with van der Waals surface area (Å²) in [5.41, 5.74) is 1.19. The summed E-state index contributed by atoms with van der Waals surface area (Å²) < 4.78 is 45.2. The van der Waals surface area contributed by atoms with Crippen LogP contribution in [0.5, 0.6) is 0 Å². The molecule has 2 aromatic carbocycles. The molecule has 0 spiro atoms. The van der Waals surface area contributed by atoms with E-state index in [1.54, 1.807) is 0 Å². The fraction of sp³-hybridized carbons (Fsp3) is 0.381. The van der Waals surface area contributed by atoms with Gasteiger partial charge >= 0.3 is 5.97 Å². The number of ether oxygens (including phenoxy) is 1. The first-order valence-corrected chi connectivity index (χ1v) is 10.9. The van der Waals surface area contributed by atoms with Crippen LogP contribution in [-0.2, 0) is 26.0 Å². The van der Waals surface area contributed by atoms with Crippen molar-refractivity contribution in [2.45, 2.75) is 30.6 Å². The second-order valence-corrected chi connectivity index (χ2v) is 8.85. The van der Waals surface area contributed by atoms with E-state index in [1.807, 2.05) is 30.3 Å². The summed E-state index contributed by atoms with van der Waals surface area (Å²) >= 11 is 0. The van der Waals surface area contributed by atoms with Crippen LogP contribution in [0.1, 0.15) is 24.8 Å². The predicted molar refractivity (Wildman–Crippen MR) is 104 cm³/mol. The Kier molecular flexibility index (Phi) is 6.80. The first kappa shape index (κ1) is 20.5. The van der Waals surface area contributed by atoms with Crippen molar-refractivity contribution in [1.29, 1.82) is 0 Å². The second-order valence-electron chi connectivity index (χ2n) is 6.91. The van der Waals surface area contributed by atoms with Gasteiger partial charge in [-0.15, -0.1) is 0 Å². The molecule has 5 nitrogen and oxygen atoms in total. The first-order valence-electron chi connectivity index (χ1n) is 9.43. The van der Waals surface area contributed by atoms with Gasteiger partial charge in [0.15, 0.2) is 0 Å². The Balaban J connectivity index is 1.52. The molecule has 1 aliphatic rings. The Morgan fingerprint density at radius 1 is 1.11 bits per heavy atom. The molecule has 1 aliphatic heterocycles. The molecule has 7 heteroatoms. The van der Waals surface area contributed by atoms with Crippen molar-refractivity contribution in [1.82, 2.24) is 4.31 Å². The van der Waals surface area contributed by atoms with Gasteiger partial charge in [0, 0.05) is 13.1 Å². The molecule has 3 rings (SSSR count). The number of halogens is 1. The number of carbonyl (C=O) groups excluding carboxylic acids is 1. The van der Waals surface area contributed by atoms with Crippen molar-refractivity contribution < 1.29 is 22.3 Å². The van der Waals surface area contributed by atoms with Crippen LogP contribution in [0.25, 0.3) is 0 Å². The summed E-state index contributed by atoms with van der Waals surface area (Å²) in [5, 5.41) is 0. The van der Waals surface area contributed by atoms with Gasteiger partial charge in [-0.25, -0.2) is 12.8 Å². The lowest BCUT2D eigenvalue weighted by Crippen LogP contribution is -2.42. The van der Waals surface area contributed by atoms with Crippen LogP contribution in [0, 0.1) is 11.7 Å². The van der Waals surface area contributed by atoms with Crippen LogP contribution >= 0.6 is 0 Å². The van der Waals surface area contributed by atoms with Gasteiger partial charge in [0.05, 0.1) is 17.4 Å². The molecule has 2 aromatic rings. The lowest BCUT2D eigenvalue weighted by Gasteiger charge is -2.30. The van der Waals surface area contributed by atoms with E-state index in [2.05, 4.69) is 0 Å². The number of hydrogen-bond acceptors (Lipinski definition) is 4. The molecular formula is C21H24FNO4S. The summed E-state index contributed by atoms with van der Waals surface area (Å²) in [6.45, 7) is 0.754. The number of esters is 1. The number of sulfonamides is 1. The normalized spacial score (nSPS) is 18.0. The monoisotopic (exact) mass is 405 g/mol. The molecular weight excluding hydrogens is 381 g/mol. The number of rotatable bonds is 7. The molecule has 0 N–H and O–H groups in total. The zero-order valence-corrected chi connectivity index (χ0v) is 16.4. The Labute approximate surface area is 165 Å². The van der Waals surface area contributed by atoms with E-state index in [1.165, 1.54) is 22.0 Å².